The van der Waals surface area contributed by atoms with Crippen LogP contribution in [0.1, 0.15) is 36.8 Å². The lowest BCUT2D eigenvalue weighted by Gasteiger charge is -2.19. The molecule has 2 aromatic heterocycles. The Morgan fingerprint density at radius 1 is 1.00 bits per heavy atom. The molecule has 3 nitrogen and oxygen atoms in total. The Bertz CT molecular complexity index is 1120. The summed E-state index contributed by atoms with van der Waals surface area (Å²) in [5, 5.41) is 1.94. The van der Waals surface area contributed by atoms with E-state index in [1.807, 2.05) is 21.9 Å². The SMILES string of the molecule is CC(C)(C)c1ccc(-c2nc3scc(-c4ccc(F)cc4)n3c2C=O)cc1. The normalized spacial score (nSPS) is 11.9. The van der Waals surface area contributed by atoms with Gasteiger partial charge in [-0.05, 0) is 40.8 Å². The fourth-order valence-corrected chi connectivity index (χ4v) is 4.06. The van der Waals surface area contributed by atoms with Crippen LogP contribution >= 0.6 is 11.3 Å². The van der Waals surface area contributed by atoms with Gasteiger partial charge in [0.05, 0.1) is 5.69 Å². The number of halogens is 1. The lowest BCUT2D eigenvalue weighted by molar-refractivity contribution is 0.111. The number of aromatic nitrogens is 2. The largest absolute Gasteiger partial charge is 0.296 e. The van der Waals surface area contributed by atoms with Gasteiger partial charge in [0.2, 0.25) is 0 Å². The molecule has 0 atom stereocenters. The zero-order valence-electron chi connectivity index (χ0n) is 15.4. The van der Waals surface area contributed by atoms with E-state index in [0.717, 1.165) is 28.1 Å². The van der Waals surface area contributed by atoms with E-state index in [-0.39, 0.29) is 11.2 Å². The number of hydrogen-bond acceptors (Lipinski definition) is 3. The van der Waals surface area contributed by atoms with Crippen molar-refractivity contribution in [1.82, 2.24) is 9.38 Å². The van der Waals surface area contributed by atoms with Crippen molar-refractivity contribution in [1.29, 1.82) is 0 Å². The molecular weight excluding hydrogens is 359 g/mol. The number of thiazole rings is 1. The summed E-state index contributed by atoms with van der Waals surface area (Å²) in [5.41, 5.74) is 5.06. The second-order valence-corrected chi connectivity index (χ2v) is 8.37. The predicted octanol–water partition coefficient (Wildman–Crippen LogP) is 5.98. The van der Waals surface area contributed by atoms with Gasteiger partial charge in [0.15, 0.2) is 11.2 Å². The molecule has 0 bridgehead atoms. The van der Waals surface area contributed by atoms with Crippen LogP contribution < -0.4 is 0 Å². The van der Waals surface area contributed by atoms with Crippen LogP contribution in [0, 0.1) is 5.82 Å². The molecular formula is C22H19FN2OS. The molecule has 0 fully saturated rings. The zero-order valence-corrected chi connectivity index (χ0v) is 16.2. The summed E-state index contributed by atoms with van der Waals surface area (Å²) in [4.78, 5) is 17.3. The summed E-state index contributed by atoms with van der Waals surface area (Å²) in [7, 11) is 0. The van der Waals surface area contributed by atoms with Crippen LogP contribution in [0.25, 0.3) is 27.5 Å². The van der Waals surface area contributed by atoms with Crippen molar-refractivity contribution in [2.75, 3.05) is 0 Å². The van der Waals surface area contributed by atoms with Crippen molar-refractivity contribution >= 4 is 22.6 Å². The Hall–Kier alpha value is -2.79. The fourth-order valence-electron chi connectivity index (χ4n) is 3.15. The molecule has 0 unspecified atom stereocenters. The maximum Gasteiger partial charge on any atom is 0.195 e. The van der Waals surface area contributed by atoms with E-state index >= 15 is 0 Å². The molecule has 2 aromatic carbocycles. The number of carbonyl (C=O) groups excluding carboxylic acids is 1. The summed E-state index contributed by atoms with van der Waals surface area (Å²) in [6.07, 6.45) is 0.840. The van der Waals surface area contributed by atoms with Gasteiger partial charge in [0.1, 0.15) is 17.2 Å². The van der Waals surface area contributed by atoms with Crippen LogP contribution in [-0.2, 0) is 5.41 Å². The maximum atomic E-state index is 13.3. The quantitative estimate of drug-likeness (QED) is 0.411. The minimum absolute atomic E-state index is 0.0658. The first-order chi connectivity index (χ1) is 12.9. The Morgan fingerprint density at radius 2 is 1.63 bits per heavy atom. The minimum Gasteiger partial charge on any atom is -0.296 e. The third kappa shape index (κ3) is 3.08. The summed E-state index contributed by atoms with van der Waals surface area (Å²) in [6, 6.07) is 14.4. The molecule has 0 aliphatic heterocycles. The van der Waals surface area contributed by atoms with Crippen molar-refractivity contribution in [3.8, 4) is 22.5 Å². The summed E-state index contributed by atoms with van der Waals surface area (Å²) in [6.45, 7) is 6.50. The number of imidazole rings is 1. The number of benzene rings is 2. The Labute approximate surface area is 161 Å². The second-order valence-electron chi connectivity index (χ2n) is 7.54. The van der Waals surface area contributed by atoms with Gasteiger partial charge < -0.3 is 0 Å². The Kier molecular flexibility index (Phi) is 4.19. The Balaban J connectivity index is 1.86. The highest BCUT2D eigenvalue weighted by atomic mass is 32.1. The predicted molar refractivity (Wildman–Crippen MR) is 108 cm³/mol. The summed E-state index contributed by atoms with van der Waals surface area (Å²) in [5.74, 6) is -0.286. The van der Waals surface area contributed by atoms with E-state index in [0.29, 0.717) is 11.4 Å². The number of aldehydes is 1. The van der Waals surface area contributed by atoms with E-state index in [2.05, 4.69) is 37.9 Å². The van der Waals surface area contributed by atoms with Crippen molar-refractivity contribution < 1.29 is 9.18 Å². The molecule has 0 spiro atoms. The van der Waals surface area contributed by atoms with Crippen LogP contribution in [0.4, 0.5) is 4.39 Å². The standard InChI is InChI=1S/C22H19FN2OS/c1-22(2,3)16-8-4-15(5-9-16)20-18(12-26)25-19(13-27-21(25)24-20)14-6-10-17(23)11-7-14/h4-13H,1-3H3. The average Bonchev–Trinajstić information content (AvgIpc) is 3.21. The van der Waals surface area contributed by atoms with Crippen LogP contribution in [0.15, 0.2) is 53.9 Å². The molecule has 0 aliphatic carbocycles. The van der Waals surface area contributed by atoms with Gasteiger partial charge in [0.25, 0.3) is 0 Å². The van der Waals surface area contributed by atoms with E-state index < -0.39 is 0 Å². The molecule has 0 saturated carbocycles. The lowest BCUT2D eigenvalue weighted by atomic mass is 9.86. The van der Waals surface area contributed by atoms with Gasteiger partial charge in [-0.25, -0.2) is 9.37 Å². The average molecular weight is 378 g/mol. The number of carbonyl (C=O) groups is 1. The first kappa shape index (κ1) is 17.6. The van der Waals surface area contributed by atoms with Crippen molar-refractivity contribution in [2.24, 2.45) is 0 Å². The van der Waals surface area contributed by atoms with Gasteiger partial charge in [-0.3, -0.25) is 9.20 Å². The van der Waals surface area contributed by atoms with Gasteiger partial charge >= 0.3 is 0 Å². The third-order valence-corrected chi connectivity index (χ3v) is 5.50. The Morgan fingerprint density at radius 3 is 2.22 bits per heavy atom. The first-order valence-electron chi connectivity index (χ1n) is 8.70. The number of hydrogen-bond donors (Lipinski definition) is 0. The van der Waals surface area contributed by atoms with Gasteiger partial charge in [0, 0.05) is 10.9 Å². The summed E-state index contributed by atoms with van der Waals surface area (Å²) < 4.78 is 15.1. The first-order valence-corrected chi connectivity index (χ1v) is 9.58. The smallest absolute Gasteiger partial charge is 0.195 e. The highest BCUT2D eigenvalue weighted by molar-refractivity contribution is 7.15. The molecule has 136 valence electrons. The van der Waals surface area contributed by atoms with Crippen molar-refractivity contribution in [2.45, 2.75) is 26.2 Å². The molecule has 27 heavy (non-hydrogen) atoms. The molecule has 4 rings (SSSR count). The molecule has 0 amide bonds. The monoisotopic (exact) mass is 378 g/mol. The van der Waals surface area contributed by atoms with Crippen LogP contribution in [0.3, 0.4) is 0 Å². The van der Waals surface area contributed by atoms with Crippen LogP contribution in [0.2, 0.25) is 0 Å². The maximum absolute atomic E-state index is 13.3. The molecule has 0 aliphatic rings. The van der Waals surface area contributed by atoms with Gasteiger partial charge in [-0.15, -0.1) is 11.3 Å². The molecule has 0 saturated heterocycles. The fraction of sp³-hybridized carbons (Fsp3) is 0.182. The van der Waals surface area contributed by atoms with E-state index in [1.54, 1.807) is 12.1 Å². The van der Waals surface area contributed by atoms with E-state index in [4.69, 9.17) is 0 Å². The van der Waals surface area contributed by atoms with E-state index in [9.17, 15) is 9.18 Å². The lowest BCUT2D eigenvalue weighted by Crippen LogP contribution is -2.10. The van der Waals surface area contributed by atoms with Crippen LogP contribution in [-0.4, -0.2) is 15.7 Å². The van der Waals surface area contributed by atoms with Crippen LogP contribution in [0.5, 0.6) is 0 Å². The number of rotatable bonds is 3. The second kappa shape index (κ2) is 6.43. The molecule has 0 N–H and O–H groups in total. The highest BCUT2D eigenvalue weighted by Crippen LogP contribution is 2.33. The topological polar surface area (TPSA) is 34.4 Å². The van der Waals surface area contributed by atoms with Crippen molar-refractivity contribution in [3.63, 3.8) is 0 Å². The van der Waals surface area contributed by atoms with Gasteiger partial charge in [-0.1, -0.05) is 45.0 Å². The highest BCUT2D eigenvalue weighted by Gasteiger charge is 2.19. The van der Waals surface area contributed by atoms with E-state index in [1.165, 1.54) is 29.0 Å². The van der Waals surface area contributed by atoms with Crippen molar-refractivity contribution in [3.05, 3.63) is 71.0 Å². The molecule has 2 heterocycles. The number of fused-ring (bicyclic) bond motifs is 1. The number of nitrogens with zero attached hydrogens (tertiary/aromatic N) is 2. The third-order valence-electron chi connectivity index (χ3n) is 4.68. The van der Waals surface area contributed by atoms with Gasteiger partial charge in [-0.2, -0.15) is 0 Å². The molecule has 4 aromatic rings. The zero-order chi connectivity index (χ0) is 19.2. The molecule has 5 heteroatoms. The minimum atomic E-state index is -0.286. The molecule has 0 radical (unpaired) electrons. The summed E-state index contributed by atoms with van der Waals surface area (Å²) >= 11 is 1.46.